The molecule has 2 aromatic heterocycles. The Labute approximate surface area is 219 Å². The molecule has 0 saturated carbocycles. The lowest BCUT2D eigenvalue weighted by molar-refractivity contribution is 0.264. The van der Waals surface area contributed by atoms with Gasteiger partial charge < -0.3 is 20.3 Å². The van der Waals surface area contributed by atoms with E-state index < -0.39 is 5.82 Å². The highest BCUT2D eigenvalue weighted by Gasteiger charge is 2.20. The van der Waals surface area contributed by atoms with Crippen LogP contribution in [-0.2, 0) is 7.05 Å². The van der Waals surface area contributed by atoms with Crippen LogP contribution in [0.2, 0.25) is 5.02 Å². The van der Waals surface area contributed by atoms with Crippen molar-refractivity contribution >= 4 is 17.4 Å². The van der Waals surface area contributed by atoms with Gasteiger partial charge in [-0.15, -0.1) is 0 Å². The molecule has 0 atom stereocenters. The summed E-state index contributed by atoms with van der Waals surface area (Å²) in [7, 11) is 1.65. The molecule has 0 bridgehead atoms. The van der Waals surface area contributed by atoms with Gasteiger partial charge in [0.15, 0.2) is 0 Å². The van der Waals surface area contributed by atoms with Crippen LogP contribution in [-0.4, -0.2) is 63.4 Å². The van der Waals surface area contributed by atoms with Gasteiger partial charge in [0, 0.05) is 76.0 Å². The standard InChI is InChI=1S/C27H28ClFN6O2/c1-32-8-13-35(27(32)37)24-3-2-18(14-23(24)28)21-16-20(29)17-22(26(21)36)19-4-6-31-25(15-19)34-11-9-33(7-5-30)10-12-34/h2-4,6,8,13-17,36H,5,7,9-12,30H2,1H3. The van der Waals surface area contributed by atoms with Gasteiger partial charge in [0.25, 0.3) is 0 Å². The number of piperazine rings is 1. The van der Waals surface area contributed by atoms with E-state index in [1.165, 1.54) is 21.3 Å². The number of aryl methyl sites for hydroxylation is 1. The lowest BCUT2D eigenvalue weighted by Crippen LogP contribution is -2.48. The number of rotatable bonds is 6. The highest BCUT2D eigenvalue weighted by molar-refractivity contribution is 6.32. The molecule has 4 aromatic rings. The topological polar surface area (TPSA) is 92.6 Å². The molecule has 5 rings (SSSR count). The van der Waals surface area contributed by atoms with Gasteiger partial charge in [-0.1, -0.05) is 17.7 Å². The van der Waals surface area contributed by atoms with E-state index in [1.807, 2.05) is 6.07 Å². The smallest absolute Gasteiger partial charge is 0.332 e. The molecule has 0 aliphatic carbocycles. The van der Waals surface area contributed by atoms with E-state index in [4.69, 9.17) is 17.3 Å². The van der Waals surface area contributed by atoms with Gasteiger partial charge in [-0.25, -0.2) is 14.2 Å². The number of imidazole rings is 1. The molecule has 1 saturated heterocycles. The molecule has 1 fully saturated rings. The summed E-state index contributed by atoms with van der Waals surface area (Å²) in [5.41, 5.74) is 7.79. The number of pyridine rings is 1. The number of nitrogens with zero attached hydrogens (tertiary/aromatic N) is 5. The zero-order valence-electron chi connectivity index (χ0n) is 20.4. The number of phenolic OH excluding ortho intramolecular Hbond substituents is 1. The maximum absolute atomic E-state index is 14.8. The number of aromatic nitrogens is 3. The van der Waals surface area contributed by atoms with E-state index in [2.05, 4.69) is 14.8 Å². The molecule has 1 aliphatic heterocycles. The largest absolute Gasteiger partial charge is 0.507 e. The third-order valence-corrected chi connectivity index (χ3v) is 7.04. The average Bonchev–Trinajstić information content (AvgIpc) is 3.23. The number of halogens is 2. The number of aromatic hydroxyl groups is 1. The van der Waals surface area contributed by atoms with Crippen LogP contribution in [0.25, 0.3) is 27.9 Å². The van der Waals surface area contributed by atoms with Crippen molar-refractivity contribution in [3.05, 3.63) is 82.4 Å². The summed E-state index contributed by atoms with van der Waals surface area (Å²) in [6.45, 7) is 4.91. The zero-order chi connectivity index (χ0) is 26.1. The molecule has 0 unspecified atom stereocenters. The summed E-state index contributed by atoms with van der Waals surface area (Å²) in [6.07, 6.45) is 4.94. The van der Waals surface area contributed by atoms with Crippen molar-refractivity contribution in [3.63, 3.8) is 0 Å². The first-order chi connectivity index (χ1) is 17.9. The number of hydrogen-bond donors (Lipinski definition) is 2. The molecule has 0 radical (unpaired) electrons. The van der Waals surface area contributed by atoms with Gasteiger partial charge in [-0.05, 0) is 47.5 Å². The predicted octanol–water partition coefficient (Wildman–Crippen LogP) is 3.48. The van der Waals surface area contributed by atoms with Crippen molar-refractivity contribution in [3.8, 4) is 33.7 Å². The second kappa shape index (κ2) is 10.4. The van der Waals surface area contributed by atoms with Crippen molar-refractivity contribution in [1.82, 2.24) is 19.0 Å². The lowest BCUT2D eigenvalue weighted by atomic mass is 9.97. The zero-order valence-corrected chi connectivity index (χ0v) is 21.2. The maximum atomic E-state index is 14.8. The van der Waals surface area contributed by atoms with Gasteiger partial charge in [-0.3, -0.25) is 9.47 Å². The molecule has 8 nitrogen and oxygen atoms in total. The Kier molecular flexibility index (Phi) is 7.01. The molecule has 0 spiro atoms. The third-order valence-electron chi connectivity index (χ3n) is 6.74. The first kappa shape index (κ1) is 25.0. The first-order valence-electron chi connectivity index (χ1n) is 12.1. The summed E-state index contributed by atoms with van der Waals surface area (Å²) < 4.78 is 17.7. The van der Waals surface area contributed by atoms with Gasteiger partial charge >= 0.3 is 5.69 Å². The summed E-state index contributed by atoms with van der Waals surface area (Å²) in [4.78, 5) is 21.3. The Morgan fingerprint density at radius 2 is 1.73 bits per heavy atom. The fourth-order valence-electron chi connectivity index (χ4n) is 4.70. The van der Waals surface area contributed by atoms with Crippen molar-refractivity contribution in [2.24, 2.45) is 12.8 Å². The Bertz CT molecular complexity index is 1490. The van der Waals surface area contributed by atoms with E-state index in [9.17, 15) is 14.3 Å². The van der Waals surface area contributed by atoms with Gasteiger partial charge in [0.2, 0.25) is 0 Å². The maximum Gasteiger partial charge on any atom is 0.332 e. The fraction of sp³-hybridized carbons (Fsp3) is 0.259. The van der Waals surface area contributed by atoms with Crippen LogP contribution in [0.1, 0.15) is 0 Å². The monoisotopic (exact) mass is 522 g/mol. The van der Waals surface area contributed by atoms with E-state index in [0.717, 1.165) is 38.5 Å². The van der Waals surface area contributed by atoms with E-state index >= 15 is 0 Å². The number of anilines is 1. The van der Waals surface area contributed by atoms with Crippen LogP contribution in [0, 0.1) is 5.82 Å². The predicted molar refractivity (Wildman–Crippen MR) is 144 cm³/mol. The van der Waals surface area contributed by atoms with Crippen LogP contribution in [0.3, 0.4) is 0 Å². The van der Waals surface area contributed by atoms with Crippen LogP contribution >= 0.6 is 11.6 Å². The first-order valence-corrected chi connectivity index (χ1v) is 12.4. The quantitative estimate of drug-likeness (QED) is 0.403. The van der Waals surface area contributed by atoms with Crippen LogP contribution in [0.4, 0.5) is 10.2 Å². The number of hydrogen-bond acceptors (Lipinski definition) is 6. The van der Waals surface area contributed by atoms with E-state index in [0.29, 0.717) is 39.5 Å². The molecular formula is C27H28ClFN6O2. The summed E-state index contributed by atoms with van der Waals surface area (Å²) in [5.74, 6) is 0.221. The highest BCUT2D eigenvalue weighted by atomic mass is 35.5. The lowest BCUT2D eigenvalue weighted by Gasteiger charge is -2.35. The van der Waals surface area contributed by atoms with Crippen molar-refractivity contribution in [2.45, 2.75) is 0 Å². The summed E-state index contributed by atoms with van der Waals surface area (Å²) in [6, 6.07) is 11.2. The molecule has 0 amide bonds. The Hall–Kier alpha value is -3.66. The molecular weight excluding hydrogens is 495 g/mol. The number of phenols is 1. The molecule has 37 heavy (non-hydrogen) atoms. The third kappa shape index (κ3) is 4.98. The van der Waals surface area contributed by atoms with E-state index in [1.54, 1.807) is 49.9 Å². The minimum atomic E-state index is -0.490. The van der Waals surface area contributed by atoms with Crippen LogP contribution < -0.4 is 16.3 Å². The Morgan fingerprint density at radius 3 is 2.35 bits per heavy atom. The average molecular weight is 523 g/mol. The van der Waals surface area contributed by atoms with Gasteiger partial charge in [0.1, 0.15) is 17.4 Å². The normalized spacial score (nSPS) is 14.3. The molecule has 192 valence electrons. The molecule has 3 N–H and O–H groups in total. The highest BCUT2D eigenvalue weighted by Crippen LogP contribution is 2.40. The Morgan fingerprint density at radius 1 is 1.03 bits per heavy atom. The fourth-order valence-corrected chi connectivity index (χ4v) is 4.97. The van der Waals surface area contributed by atoms with Crippen molar-refractivity contribution < 1.29 is 9.50 Å². The second-order valence-corrected chi connectivity index (χ2v) is 9.50. The molecule has 3 heterocycles. The second-order valence-electron chi connectivity index (χ2n) is 9.10. The van der Waals surface area contributed by atoms with Crippen LogP contribution in [0.15, 0.2) is 65.8 Å². The summed E-state index contributed by atoms with van der Waals surface area (Å²) >= 11 is 6.51. The van der Waals surface area contributed by atoms with Gasteiger partial charge in [-0.2, -0.15) is 0 Å². The van der Waals surface area contributed by atoms with E-state index in [-0.39, 0.29) is 11.4 Å². The summed E-state index contributed by atoms with van der Waals surface area (Å²) in [5, 5.41) is 11.5. The SMILES string of the molecule is Cn1ccn(-c2ccc(-c3cc(F)cc(-c4ccnc(N5CCN(CCN)CC5)c4)c3O)cc2Cl)c1=O. The molecule has 10 heteroatoms. The minimum Gasteiger partial charge on any atom is -0.507 e. The van der Waals surface area contributed by atoms with Crippen LogP contribution in [0.5, 0.6) is 5.75 Å². The Balaban J connectivity index is 1.47. The van der Waals surface area contributed by atoms with Crippen molar-refractivity contribution in [1.29, 1.82) is 0 Å². The molecule has 1 aliphatic rings. The van der Waals surface area contributed by atoms with Gasteiger partial charge in [0.05, 0.1) is 10.7 Å². The van der Waals surface area contributed by atoms with Crippen molar-refractivity contribution in [2.75, 3.05) is 44.2 Å². The number of nitrogens with two attached hydrogens (primary N) is 1. The number of benzene rings is 2. The minimum absolute atomic E-state index is 0.0630. The molecule has 2 aromatic carbocycles.